The molecule has 0 unspecified atom stereocenters. The van der Waals surface area contributed by atoms with E-state index in [1.54, 1.807) is 30.3 Å². The lowest BCUT2D eigenvalue weighted by Crippen LogP contribution is -2.44. The number of hydrogen-bond acceptors (Lipinski definition) is 3. The Labute approximate surface area is 143 Å². The number of nitrogens with two attached hydrogens (primary N) is 1. The van der Waals surface area contributed by atoms with E-state index < -0.39 is 29.6 Å². The maximum absolute atomic E-state index is 13.4. The highest BCUT2D eigenvalue weighted by Crippen LogP contribution is 2.17. The van der Waals surface area contributed by atoms with Crippen LogP contribution in [0.3, 0.4) is 0 Å². The molecule has 2 aromatic rings. The van der Waals surface area contributed by atoms with Crippen molar-refractivity contribution < 1.29 is 23.1 Å². The van der Waals surface area contributed by atoms with Gasteiger partial charge in [0.05, 0.1) is 6.54 Å². The van der Waals surface area contributed by atoms with E-state index in [1.807, 2.05) is 0 Å². The summed E-state index contributed by atoms with van der Waals surface area (Å²) in [5.74, 6) is -2.36. The van der Waals surface area contributed by atoms with Crippen molar-refractivity contribution in [2.24, 2.45) is 5.73 Å². The summed E-state index contributed by atoms with van der Waals surface area (Å²) in [4.78, 5) is 23.3. The predicted molar refractivity (Wildman–Crippen MR) is 86.8 cm³/mol. The van der Waals surface area contributed by atoms with Crippen LogP contribution in [0.5, 0.6) is 5.75 Å². The molecule has 0 aliphatic heterocycles. The first-order valence-electron chi connectivity index (χ1n) is 7.44. The Morgan fingerprint density at radius 3 is 2.48 bits per heavy atom. The third-order valence-electron chi connectivity index (χ3n) is 3.23. The topological polar surface area (TPSA) is 93.5 Å². The van der Waals surface area contributed by atoms with E-state index in [9.17, 15) is 18.4 Å². The molecule has 0 saturated carbocycles. The van der Waals surface area contributed by atoms with Crippen molar-refractivity contribution in [2.75, 3.05) is 13.2 Å². The molecule has 0 heterocycles. The second-order valence-corrected chi connectivity index (χ2v) is 5.07. The Kier molecular flexibility index (Phi) is 6.27. The quantitative estimate of drug-likeness (QED) is 0.666. The van der Waals surface area contributed by atoms with Gasteiger partial charge in [-0.15, -0.1) is 0 Å². The Bertz CT molecular complexity index is 741. The van der Waals surface area contributed by atoms with E-state index in [4.69, 9.17) is 10.5 Å². The number of carbonyl (C=O) groups is 2. The van der Waals surface area contributed by atoms with Crippen LogP contribution in [0.15, 0.2) is 48.5 Å². The molecule has 0 bridgehead atoms. The molecule has 0 radical (unpaired) electrons. The third-order valence-corrected chi connectivity index (χ3v) is 3.23. The molecule has 0 fully saturated rings. The molecule has 0 spiro atoms. The van der Waals surface area contributed by atoms with Gasteiger partial charge in [-0.3, -0.25) is 4.79 Å². The van der Waals surface area contributed by atoms with Crippen molar-refractivity contribution in [1.29, 1.82) is 0 Å². The maximum atomic E-state index is 13.4. The standard InChI is InChI=1S/C17H17F2N3O3/c18-12-6-7-14(13(19)10-12)25-9-8-21-17(24)22-15(16(20)23)11-4-2-1-3-5-11/h1-7,10,15H,8-9H2,(H2,20,23)(H2,21,22,24)/t15-/m1/s1. The number of amides is 3. The second-order valence-electron chi connectivity index (χ2n) is 5.07. The van der Waals surface area contributed by atoms with Gasteiger partial charge in [0.15, 0.2) is 11.6 Å². The van der Waals surface area contributed by atoms with Gasteiger partial charge < -0.3 is 21.1 Å². The van der Waals surface area contributed by atoms with Gasteiger partial charge in [-0.25, -0.2) is 13.6 Å². The molecule has 8 heteroatoms. The minimum atomic E-state index is -0.975. The average Bonchev–Trinajstić information content (AvgIpc) is 2.58. The normalized spacial score (nSPS) is 11.4. The van der Waals surface area contributed by atoms with Gasteiger partial charge in [-0.05, 0) is 17.7 Å². The van der Waals surface area contributed by atoms with E-state index in [2.05, 4.69) is 10.6 Å². The molecule has 25 heavy (non-hydrogen) atoms. The van der Waals surface area contributed by atoms with Crippen molar-refractivity contribution in [3.05, 3.63) is 65.7 Å². The lowest BCUT2D eigenvalue weighted by atomic mass is 10.1. The highest BCUT2D eigenvalue weighted by molar-refractivity contribution is 5.86. The molecular weight excluding hydrogens is 332 g/mol. The molecule has 0 aromatic heterocycles. The fourth-order valence-corrected chi connectivity index (χ4v) is 2.06. The largest absolute Gasteiger partial charge is 0.489 e. The van der Waals surface area contributed by atoms with Crippen molar-refractivity contribution >= 4 is 11.9 Å². The number of primary amides is 1. The Balaban J connectivity index is 1.80. The van der Waals surface area contributed by atoms with E-state index in [0.29, 0.717) is 11.6 Å². The lowest BCUT2D eigenvalue weighted by Gasteiger charge is -2.16. The summed E-state index contributed by atoms with van der Waals surface area (Å²) in [7, 11) is 0. The molecule has 2 aromatic carbocycles. The van der Waals surface area contributed by atoms with Gasteiger partial charge in [0.2, 0.25) is 5.91 Å². The third kappa shape index (κ3) is 5.45. The predicted octanol–water partition coefficient (Wildman–Crippen LogP) is 1.87. The first-order chi connectivity index (χ1) is 12.0. The molecule has 0 aliphatic carbocycles. The summed E-state index contributed by atoms with van der Waals surface area (Å²) in [6.07, 6.45) is 0. The number of urea groups is 1. The average molecular weight is 349 g/mol. The Morgan fingerprint density at radius 2 is 1.84 bits per heavy atom. The van der Waals surface area contributed by atoms with Crippen molar-refractivity contribution in [2.45, 2.75) is 6.04 Å². The highest BCUT2D eigenvalue weighted by atomic mass is 19.1. The fraction of sp³-hybridized carbons (Fsp3) is 0.176. The molecule has 2 rings (SSSR count). The monoisotopic (exact) mass is 349 g/mol. The minimum Gasteiger partial charge on any atom is -0.489 e. The van der Waals surface area contributed by atoms with Gasteiger partial charge in [-0.2, -0.15) is 0 Å². The highest BCUT2D eigenvalue weighted by Gasteiger charge is 2.19. The molecule has 1 atom stereocenters. The van der Waals surface area contributed by atoms with Crippen LogP contribution in [0.25, 0.3) is 0 Å². The zero-order valence-corrected chi connectivity index (χ0v) is 13.2. The van der Waals surface area contributed by atoms with Gasteiger partial charge in [0, 0.05) is 6.07 Å². The summed E-state index contributed by atoms with van der Waals surface area (Å²) in [6, 6.07) is 9.85. The SMILES string of the molecule is NC(=O)[C@H](NC(=O)NCCOc1ccc(F)cc1F)c1ccccc1. The molecule has 0 saturated heterocycles. The van der Waals surface area contributed by atoms with Crippen LogP contribution in [0.2, 0.25) is 0 Å². The smallest absolute Gasteiger partial charge is 0.315 e. The van der Waals surface area contributed by atoms with Gasteiger partial charge in [0.1, 0.15) is 18.5 Å². The minimum absolute atomic E-state index is 0.0391. The Morgan fingerprint density at radius 1 is 1.12 bits per heavy atom. The van der Waals surface area contributed by atoms with Gasteiger partial charge in [-0.1, -0.05) is 30.3 Å². The number of halogens is 2. The molecule has 132 valence electrons. The summed E-state index contributed by atoms with van der Waals surface area (Å²) < 4.78 is 31.2. The van der Waals surface area contributed by atoms with Crippen LogP contribution in [0.4, 0.5) is 13.6 Å². The zero-order valence-electron chi connectivity index (χ0n) is 13.2. The number of carbonyl (C=O) groups excluding carboxylic acids is 2. The van der Waals surface area contributed by atoms with E-state index in [0.717, 1.165) is 12.1 Å². The van der Waals surface area contributed by atoms with E-state index >= 15 is 0 Å². The number of rotatable bonds is 7. The van der Waals surface area contributed by atoms with Crippen LogP contribution in [-0.2, 0) is 4.79 Å². The van der Waals surface area contributed by atoms with Crippen LogP contribution in [-0.4, -0.2) is 25.1 Å². The Hall–Kier alpha value is -3.16. The maximum Gasteiger partial charge on any atom is 0.315 e. The fourth-order valence-electron chi connectivity index (χ4n) is 2.06. The summed E-state index contributed by atoms with van der Waals surface area (Å²) in [5.41, 5.74) is 5.85. The molecule has 4 N–H and O–H groups in total. The van der Waals surface area contributed by atoms with E-state index in [1.165, 1.54) is 0 Å². The van der Waals surface area contributed by atoms with Gasteiger partial charge >= 0.3 is 6.03 Å². The van der Waals surface area contributed by atoms with Crippen molar-refractivity contribution in [3.8, 4) is 5.75 Å². The lowest BCUT2D eigenvalue weighted by molar-refractivity contribution is -0.119. The second kappa shape index (κ2) is 8.62. The van der Waals surface area contributed by atoms with Crippen molar-refractivity contribution in [3.63, 3.8) is 0 Å². The molecular formula is C17H17F2N3O3. The molecule has 3 amide bonds. The zero-order chi connectivity index (χ0) is 18.2. The summed E-state index contributed by atoms with van der Waals surface area (Å²) in [5, 5.41) is 4.91. The van der Waals surface area contributed by atoms with Crippen LogP contribution in [0.1, 0.15) is 11.6 Å². The number of hydrogen-bond donors (Lipinski definition) is 3. The number of benzene rings is 2. The first kappa shape index (κ1) is 18.2. The molecule has 6 nitrogen and oxygen atoms in total. The first-order valence-corrected chi connectivity index (χ1v) is 7.44. The number of ether oxygens (including phenoxy) is 1. The summed E-state index contributed by atoms with van der Waals surface area (Å²) in [6.45, 7) is 0.00543. The summed E-state index contributed by atoms with van der Waals surface area (Å²) >= 11 is 0. The van der Waals surface area contributed by atoms with E-state index in [-0.39, 0.29) is 18.9 Å². The molecule has 0 aliphatic rings. The number of nitrogens with one attached hydrogen (secondary N) is 2. The van der Waals surface area contributed by atoms with Crippen molar-refractivity contribution in [1.82, 2.24) is 10.6 Å². The van der Waals surface area contributed by atoms with Crippen LogP contribution in [0, 0.1) is 11.6 Å². The van der Waals surface area contributed by atoms with Crippen LogP contribution >= 0.6 is 0 Å². The van der Waals surface area contributed by atoms with Gasteiger partial charge in [0.25, 0.3) is 0 Å². The van der Waals surface area contributed by atoms with Crippen LogP contribution < -0.4 is 21.1 Å².